The van der Waals surface area contributed by atoms with Gasteiger partial charge in [0.2, 0.25) is 0 Å². The maximum Gasteiger partial charge on any atom is 0.0835 e. The van der Waals surface area contributed by atoms with E-state index in [4.69, 9.17) is 4.74 Å². The Kier molecular flexibility index (Phi) is 5.95. The highest BCUT2D eigenvalue weighted by Gasteiger charge is 2.31. The lowest BCUT2D eigenvalue weighted by molar-refractivity contribution is -0.124. The summed E-state index contributed by atoms with van der Waals surface area (Å²) in [6.07, 6.45) is 6.04. The third kappa shape index (κ3) is 5.82. The van der Waals surface area contributed by atoms with E-state index in [-0.39, 0.29) is 5.60 Å². The van der Waals surface area contributed by atoms with Crippen LogP contribution in [0.15, 0.2) is 0 Å². The summed E-state index contributed by atoms with van der Waals surface area (Å²) in [4.78, 5) is 5.20. The van der Waals surface area contributed by atoms with Crippen LogP contribution in [0.1, 0.15) is 67.2 Å². The predicted molar refractivity (Wildman–Crippen MR) is 94.4 cm³/mol. The first-order valence-electron chi connectivity index (χ1n) is 9.29. The molecule has 0 bridgehead atoms. The Bertz CT molecular complexity index is 328. The average Bonchev–Trinajstić information content (AvgIpc) is 2.33. The van der Waals surface area contributed by atoms with Crippen LogP contribution < -0.4 is 0 Å². The minimum Gasteiger partial charge on any atom is -0.370 e. The molecule has 0 saturated carbocycles. The van der Waals surface area contributed by atoms with E-state index in [1.807, 2.05) is 0 Å². The summed E-state index contributed by atoms with van der Waals surface area (Å²) >= 11 is 0. The molecule has 0 aromatic carbocycles. The van der Waals surface area contributed by atoms with Gasteiger partial charge in [0.05, 0.1) is 11.7 Å². The zero-order valence-corrected chi connectivity index (χ0v) is 15.8. The average molecular weight is 311 g/mol. The normalized spacial score (nSPS) is 23.7. The maximum atomic E-state index is 6.00. The molecule has 130 valence electrons. The van der Waals surface area contributed by atoms with E-state index in [1.54, 1.807) is 0 Å². The molecule has 2 saturated heterocycles. The van der Waals surface area contributed by atoms with Crippen molar-refractivity contribution >= 4 is 0 Å². The summed E-state index contributed by atoms with van der Waals surface area (Å²) in [5.74, 6) is 0.960. The molecule has 3 heteroatoms. The smallest absolute Gasteiger partial charge is 0.0835 e. The number of hydrogen-bond acceptors (Lipinski definition) is 3. The van der Waals surface area contributed by atoms with Crippen molar-refractivity contribution in [1.82, 2.24) is 9.80 Å². The first-order chi connectivity index (χ1) is 10.1. The van der Waals surface area contributed by atoms with E-state index in [9.17, 15) is 0 Å². The fourth-order valence-electron chi connectivity index (χ4n) is 3.78. The Balaban J connectivity index is 1.53. The topological polar surface area (TPSA) is 15.7 Å². The highest BCUT2D eigenvalue weighted by molar-refractivity contribution is 4.84. The maximum absolute atomic E-state index is 6.00. The second-order valence-corrected chi connectivity index (χ2v) is 9.36. The number of rotatable bonds is 5. The van der Waals surface area contributed by atoms with E-state index >= 15 is 0 Å². The summed E-state index contributed by atoms with van der Waals surface area (Å²) in [5.41, 5.74) is 0.364. The van der Waals surface area contributed by atoms with Gasteiger partial charge in [0.15, 0.2) is 0 Å². The van der Waals surface area contributed by atoms with Crippen molar-refractivity contribution < 1.29 is 4.74 Å². The third-order valence-corrected chi connectivity index (χ3v) is 5.09. The van der Waals surface area contributed by atoms with Crippen molar-refractivity contribution in [2.75, 3.05) is 32.7 Å². The molecule has 0 spiro atoms. The van der Waals surface area contributed by atoms with Gasteiger partial charge in [0.25, 0.3) is 0 Å². The summed E-state index contributed by atoms with van der Waals surface area (Å²) in [6, 6.07) is 0. The minimum atomic E-state index is 0.0117. The summed E-state index contributed by atoms with van der Waals surface area (Å²) < 4.78 is 6.00. The standard InChI is InChI=1S/C19H38N2O/c1-18(2,3)21-12-9-16(10-13-21)8-7-11-20-14-17(15-20)22-19(4,5)6/h16-17H,7-15H2,1-6H3. The van der Waals surface area contributed by atoms with Gasteiger partial charge in [-0.05, 0) is 92.8 Å². The molecule has 0 N–H and O–H groups in total. The van der Waals surface area contributed by atoms with Crippen molar-refractivity contribution in [3.8, 4) is 0 Å². The Morgan fingerprint density at radius 3 is 2.05 bits per heavy atom. The Hall–Kier alpha value is -0.120. The molecule has 0 atom stereocenters. The molecule has 0 radical (unpaired) electrons. The van der Waals surface area contributed by atoms with Gasteiger partial charge >= 0.3 is 0 Å². The van der Waals surface area contributed by atoms with E-state index in [2.05, 4.69) is 51.3 Å². The quantitative estimate of drug-likeness (QED) is 0.768. The van der Waals surface area contributed by atoms with Crippen molar-refractivity contribution in [2.24, 2.45) is 5.92 Å². The number of likely N-dealkylation sites (tertiary alicyclic amines) is 2. The minimum absolute atomic E-state index is 0.0117. The van der Waals surface area contributed by atoms with E-state index in [0.29, 0.717) is 11.6 Å². The highest BCUT2D eigenvalue weighted by Crippen LogP contribution is 2.27. The van der Waals surface area contributed by atoms with Crippen LogP contribution in [0.3, 0.4) is 0 Å². The van der Waals surface area contributed by atoms with Gasteiger partial charge < -0.3 is 4.74 Å². The van der Waals surface area contributed by atoms with Gasteiger partial charge in [-0.15, -0.1) is 0 Å². The van der Waals surface area contributed by atoms with Crippen LogP contribution in [-0.4, -0.2) is 59.8 Å². The van der Waals surface area contributed by atoms with Gasteiger partial charge in [-0.2, -0.15) is 0 Å². The summed E-state index contributed by atoms with van der Waals surface area (Å²) in [5, 5.41) is 0. The molecule has 2 fully saturated rings. The SMILES string of the molecule is CC(C)(C)OC1CN(CCCC2CCN(C(C)(C)C)CC2)C1. The zero-order valence-electron chi connectivity index (χ0n) is 15.8. The van der Waals surface area contributed by atoms with Gasteiger partial charge in [0, 0.05) is 18.6 Å². The van der Waals surface area contributed by atoms with Crippen molar-refractivity contribution in [3.63, 3.8) is 0 Å². The summed E-state index contributed by atoms with van der Waals surface area (Å²) in [7, 11) is 0. The molecule has 0 aromatic rings. The largest absolute Gasteiger partial charge is 0.370 e. The molecule has 22 heavy (non-hydrogen) atoms. The molecule has 2 rings (SSSR count). The number of nitrogens with zero attached hydrogens (tertiary/aromatic N) is 2. The molecule has 2 aliphatic rings. The van der Waals surface area contributed by atoms with E-state index in [1.165, 1.54) is 45.3 Å². The first kappa shape index (κ1) is 18.2. The second kappa shape index (κ2) is 7.19. The monoisotopic (exact) mass is 310 g/mol. The molecule has 0 unspecified atom stereocenters. The molecule has 0 amide bonds. The predicted octanol–water partition coefficient (Wildman–Crippen LogP) is 3.78. The van der Waals surface area contributed by atoms with Crippen LogP contribution >= 0.6 is 0 Å². The van der Waals surface area contributed by atoms with Gasteiger partial charge in [-0.25, -0.2) is 0 Å². The molecule has 0 aromatic heterocycles. The Morgan fingerprint density at radius 2 is 1.55 bits per heavy atom. The van der Waals surface area contributed by atoms with Crippen LogP contribution in [0.25, 0.3) is 0 Å². The van der Waals surface area contributed by atoms with Crippen LogP contribution in [-0.2, 0) is 4.74 Å². The first-order valence-corrected chi connectivity index (χ1v) is 9.29. The van der Waals surface area contributed by atoms with Crippen LogP contribution in [0.4, 0.5) is 0 Å². The van der Waals surface area contributed by atoms with E-state index in [0.717, 1.165) is 19.0 Å². The fraction of sp³-hybridized carbons (Fsp3) is 1.00. The van der Waals surface area contributed by atoms with Crippen molar-refractivity contribution in [2.45, 2.75) is 84.5 Å². The van der Waals surface area contributed by atoms with Gasteiger partial charge in [0.1, 0.15) is 0 Å². The molecular formula is C19H38N2O. The molecular weight excluding hydrogens is 272 g/mol. The number of piperidine rings is 1. The lowest BCUT2D eigenvalue weighted by Gasteiger charge is -2.43. The molecule has 2 aliphatic heterocycles. The van der Waals surface area contributed by atoms with Gasteiger partial charge in [-0.1, -0.05) is 0 Å². The highest BCUT2D eigenvalue weighted by atomic mass is 16.5. The lowest BCUT2D eigenvalue weighted by atomic mass is 9.89. The Labute approximate surface area is 138 Å². The van der Waals surface area contributed by atoms with Crippen LogP contribution in [0.5, 0.6) is 0 Å². The lowest BCUT2D eigenvalue weighted by Crippen LogP contribution is -2.54. The number of hydrogen-bond donors (Lipinski definition) is 0. The Morgan fingerprint density at radius 1 is 0.955 bits per heavy atom. The third-order valence-electron chi connectivity index (χ3n) is 5.09. The zero-order chi connectivity index (χ0) is 16.4. The van der Waals surface area contributed by atoms with Crippen LogP contribution in [0.2, 0.25) is 0 Å². The van der Waals surface area contributed by atoms with Crippen molar-refractivity contribution in [3.05, 3.63) is 0 Å². The fourth-order valence-corrected chi connectivity index (χ4v) is 3.78. The number of ether oxygens (including phenoxy) is 1. The van der Waals surface area contributed by atoms with Crippen molar-refractivity contribution in [1.29, 1.82) is 0 Å². The van der Waals surface area contributed by atoms with Crippen LogP contribution in [0, 0.1) is 5.92 Å². The molecule has 3 nitrogen and oxygen atoms in total. The second-order valence-electron chi connectivity index (χ2n) is 9.36. The van der Waals surface area contributed by atoms with Gasteiger partial charge in [-0.3, -0.25) is 9.80 Å². The summed E-state index contributed by atoms with van der Waals surface area (Å²) in [6.45, 7) is 19.6. The molecule has 0 aliphatic carbocycles. The van der Waals surface area contributed by atoms with E-state index < -0.39 is 0 Å². The molecule has 2 heterocycles.